The van der Waals surface area contributed by atoms with Gasteiger partial charge >= 0.3 is 0 Å². The normalized spacial score (nSPS) is 11.3. The van der Waals surface area contributed by atoms with Gasteiger partial charge in [0.05, 0.1) is 33.8 Å². The molecule has 0 aromatic heterocycles. The van der Waals surface area contributed by atoms with Crippen LogP contribution in [0.5, 0.6) is 5.75 Å². The fourth-order valence-electron chi connectivity index (χ4n) is 5.34. The molecule has 0 aliphatic carbocycles. The van der Waals surface area contributed by atoms with Crippen LogP contribution in [-0.4, -0.2) is 44.1 Å². The Morgan fingerprint density at radius 3 is 1.50 bits per heavy atom. The van der Waals surface area contributed by atoms with Gasteiger partial charge in [0.2, 0.25) is 0 Å². The molecular weight excluding hydrogens is 558 g/mol. The van der Waals surface area contributed by atoms with Gasteiger partial charge in [-0.1, -0.05) is 127 Å². The Morgan fingerprint density at radius 2 is 1.00 bits per heavy atom. The summed E-state index contributed by atoms with van der Waals surface area (Å²) >= 11 is 0. The number of nitrogens with zero attached hydrogens (tertiary/aromatic N) is 1. The summed E-state index contributed by atoms with van der Waals surface area (Å²) in [7, 11) is 4.68. The third kappa shape index (κ3) is 17.2. The van der Waals surface area contributed by atoms with Gasteiger partial charge in [0.25, 0.3) is 0 Å². The quantitative estimate of drug-likeness (QED) is 0.0720. The molecule has 2 rings (SSSR count). The summed E-state index contributed by atoms with van der Waals surface area (Å²) in [6.45, 7) is 5.38. The van der Waals surface area contributed by atoms with E-state index in [4.69, 9.17) is 4.74 Å². The number of halogens is 1. The van der Waals surface area contributed by atoms with Crippen molar-refractivity contribution in [2.45, 2.75) is 116 Å². The first-order valence-electron chi connectivity index (χ1n) is 16.2. The summed E-state index contributed by atoms with van der Waals surface area (Å²) < 4.78 is 7.02. The minimum atomic E-state index is 0. The number of ketones is 1. The van der Waals surface area contributed by atoms with Gasteiger partial charge in [-0.2, -0.15) is 0 Å². The van der Waals surface area contributed by atoms with E-state index < -0.39 is 0 Å². The fourth-order valence-corrected chi connectivity index (χ4v) is 5.34. The maximum absolute atomic E-state index is 12.5. The van der Waals surface area contributed by atoms with E-state index in [1.54, 1.807) is 0 Å². The molecule has 2 aromatic rings. The highest BCUT2D eigenvalue weighted by Crippen LogP contribution is 2.17. The van der Waals surface area contributed by atoms with E-state index in [1.165, 1.54) is 109 Å². The summed E-state index contributed by atoms with van der Waals surface area (Å²) in [5, 5.41) is 0. The molecule has 0 saturated heterocycles. The van der Waals surface area contributed by atoms with Crippen LogP contribution in [0.2, 0.25) is 0 Å². The lowest BCUT2D eigenvalue weighted by Crippen LogP contribution is -3.00. The van der Waals surface area contributed by atoms with Crippen molar-refractivity contribution in [1.29, 1.82) is 0 Å². The van der Waals surface area contributed by atoms with Gasteiger partial charge in [-0.25, -0.2) is 0 Å². The van der Waals surface area contributed by atoms with Crippen molar-refractivity contribution in [2.24, 2.45) is 0 Å². The lowest BCUT2D eigenvalue weighted by molar-refractivity contribution is -0.890. The predicted molar refractivity (Wildman–Crippen MR) is 168 cm³/mol. The van der Waals surface area contributed by atoms with Crippen molar-refractivity contribution < 1.29 is 31.0 Å². The number of unbranched alkanes of at least 4 members (excludes halogenated alkanes) is 15. The zero-order valence-corrected chi connectivity index (χ0v) is 27.6. The minimum Gasteiger partial charge on any atom is -1.00 e. The summed E-state index contributed by atoms with van der Waals surface area (Å²) in [5.74, 6) is 0.887. The molecule has 0 amide bonds. The fraction of sp³-hybridized carbons (Fsp3) is 0.639. The van der Waals surface area contributed by atoms with Gasteiger partial charge in [-0.3, -0.25) is 4.79 Å². The van der Waals surface area contributed by atoms with Crippen LogP contribution in [0.1, 0.15) is 132 Å². The Balaban J connectivity index is 0.00000800. The summed E-state index contributed by atoms with van der Waals surface area (Å²) in [6, 6.07) is 17.0. The Bertz CT molecular complexity index is 866. The Kier molecular flexibility index (Phi) is 20.9. The SMILES string of the molecule is CCCCCCCCCCCCCCCCCC[N+](C)(C)CCCOc1ccc(C(=O)c2ccccc2)cc1.[Br-]. The molecule has 3 nitrogen and oxygen atoms in total. The van der Waals surface area contributed by atoms with E-state index in [0.29, 0.717) is 12.2 Å². The van der Waals surface area contributed by atoms with Gasteiger partial charge < -0.3 is 26.2 Å². The van der Waals surface area contributed by atoms with Crippen molar-refractivity contribution in [3.8, 4) is 5.75 Å². The van der Waals surface area contributed by atoms with Crippen molar-refractivity contribution in [1.82, 2.24) is 0 Å². The monoisotopic (exact) mass is 615 g/mol. The molecule has 4 heteroatoms. The maximum atomic E-state index is 12.5. The highest BCUT2D eigenvalue weighted by Gasteiger charge is 2.14. The molecule has 0 fully saturated rings. The molecule has 0 bridgehead atoms. The first-order chi connectivity index (χ1) is 19.0. The third-order valence-corrected chi connectivity index (χ3v) is 7.95. The highest BCUT2D eigenvalue weighted by atomic mass is 79.9. The van der Waals surface area contributed by atoms with E-state index in [-0.39, 0.29) is 22.8 Å². The zero-order chi connectivity index (χ0) is 28.0. The second kappa shape index (κ2) is 23.0. The lowest BCUT2D eigenvalue weighted by Gasteiger charge is -2.30. The number of carbonyl (C=O) groups is 1. The molecule has 0 heterocycles. The topological polar surface area (TPSA) is 26.3 Å². The highest BCUT2D eigenvalue weighted by molar-refractivity contribution is 6.08. The van der Waals surface area contributed by atoms with Crippen LogP contribution >= 0.6 is 0 Å². The van der Waals surface area contributed by atoms with Gasteiger partial charge in [-0.15, -0.1) is 0 Å². The summed E-state index contributed by atoms with van der Waals surface area (Å²) in [4.78, 5) is 12.5. The van der Waals surface area contributed by atoms with Crippen molar-refractivity contribution >= 4 is 5.78 Å². The van der Waals surface area contributed by atoms with E-state index in [9.17, 15) is 4.79 Å². The number of quaternary nitrogens is 1. The molecule has 0 N–H and O–H groups in total. The van der Waals surface area contributed by atoms with Crippen molar-refractivity contribution in [3.05, 3.63) is 65.7 Å². The van der Waals surface area contributed by atoms with Crippen molar-refractivity contribution in [2.75, 3.05) is 33.8 Å². The van der Waals surface area contributed by atoms with Crippen LogP contribution in [0.15, 0.2) is 54.6 Å². The number of benzene rings is 2. The van der Waals surface area contributed by atoms with Gasteiger partial charge in [0.15, 0.2) is 5.78 Å². The molecule has 2 aromatic carbocycles. The third-order valence-electron chi connectivity index (χ3n) is 7.95. The predicted octanol–water partition coefficient (Wildman–Crippen LogP) is 7.03. The number of carbonyl (C=O) groups excluding carboxylic acids is 1. The molecular formula is C36H58BrNO2. The molecule has 0 atom stereocenters. The minimum absolute atomic E-state index is 0. The summed E-state index contributed by atoms with van der Waals surface area (Å²) in [6.07, 6.45) is 23.8. The van der Waals surface area contributed by atoms with Crippen molar-refractivity contribution in [3.63, 3.8) is 0 Å². The van der Waals surface area contributed by atoms with E-state index >= 15 is 0 Å². The molecule has 0 aliphatic heterocycles. The lowest BCUT2D eigenvalue weighted by atomic mass is 10.0. The number of hydrogen-bond acceptors (Lipinski definition) is 2. The number of ether oxygens (including phenoxy) is 1. The standard InChI is InChI=1S/C36H58NO2.BrH/c1-4-5-6-7-8-9-10-11-12-13-14-15-16-17-18-22-30-37(2,3)31-23-32-39-35-28-26-34(27-29-35)36(38)33-24-20-19-21-25-33;/h19-21,24-29H,4-18,22-23,30-32H2,1-3H3;1H/q+1;/p-1. The molecule has 0 radical (unpaired) electrons. The van der Waals surface area contributed by atoms with E-state index in [0.717, 1.165) is 28.8 Å². The van der Waals surface area contributed by atoms with Crippen LogP contribution in [0.3, 0.4) is 0 Å². The smallest absolute Gasteiger partial charge is 0.193 e. The van der Waals surface area contributed by atoms with Crippen LogP contribution in [0.4, 0.5) is 0 Å². The maximum Gasteiger partial charge on any atom is 0.193 e. The van der Waals surface area contributed by atoms with E-state index in [2.05, 4.69) is 21.0 Å². The average Bonchev–Trinajstić information content (AvgIpc) is 2.95. The Labute approximate surface area is 257 Å². The average molecular weight is 617 g/mol. The van der Waals surface area contributed by atoms with Crippen LogP contribution < -0.4 is 21.7 Å². The van der Waals surface area contributed by atoms with Gasteiger partial charge in [-0.05, 0) is 37.1 Å². The Morgan fingerprint density at radius 1 is 0.575 bits per heavy atom. The van der Waals surface area contributed by atoms with Crippen LogP contribution in [-0.2, 0) is 0 Å². The molecule has 40 heavy (non-hydrogen) atoms. The second-order valence-electron chi connectivity index (χ2n) is 12.1. The molecule has 0 saturated carbocycles. The number of rotatable bonds is 24. The van der Waals surface area contributed by atoms with Gasteiger partial charge in [0.1, 0.15) is 5.75 Å². The van der Waals surface area contributed by atoms with Crippen LogP contribution in [0.25, 0.3) is 0 Å². The molecule has 0 unspecified atom stereocenters. The second-order valence-corrected chi connectivity index (χ2v) is 12.1. The molecule has 226 valence electrons. The summed E-state index contributed by atoms with van der Waals surface area (Å²) in [5.41, 5.74) is 1.42. The van der Waals surface area contributed by atoms with Crippen LogP contribution in [0, 0.1) is 0 Å². The molecule has 0 spiro atoms. The first-order valence-corrected chi connectivity index (χ1v) is 16.2. The zero-order valence-electron chi connectivity index (χ0n) is 26.0. The molecule has 0 aliphatic rings. The van der Waals surface area contributed by atoms with Gasteiger partial charge in [0, 0.05) is 17.5 Å². The largest absolute Gasteiger partial charge is 1.00 e. The Hall–Kier alpha value is -1.65. The van der Waals surface area contributed by atoms with E-state index in [1.807, 2.05) is 54.6 Å². The number of hydrogen-bond donors (Lipinski definition) is 0. The first kappa shape index (κ1) is 36.4.